The van der Waals surface area contributed by atoms with Crippen LogP contribution >= 0.6 is 7.82 Å². The first-order chi connectivity index (χ1) is 19.1. The summed E-state index contributed by atoms with van der Waals surface area (Å²) in [5.41, 5.74) is 0. The first kappa shape index (κ1) is 37.8. The van der Waals surface area contributed by atoms with Crippen LogP contribution in [-0.4, -0.2) is 94.9 Å². The normalized spacial score (nSPS) is 14.9. The quantitative estimate of drug-likeness (QED) is 0.0619. The number of nitrogens with one attached hydrogen (secondary N) is 2. The third-order valence-corrected chi connectivity index (χ3v) is 6.48. The van der Waals surface area contributed by atoms with Crippen molar-refractivity contribution in [2.45, 2.75) is 65.4 Å². The maximum atomic E-state index is 11.6. The van der Waals surface area contributed by atoms with E-state index < -0.39 is 7.82 Å². The Hall–Kier alpha value is -2.19. The SMILES string of the molecule is CCC(=O)NCCCCCCOP(=O)(OC)OOC.CCOCC(C)OCCNC(=O)CCN1C(=O)C=CC1=O. The molecule has 15 heteroatoms. The highest BCUT2D eigenvalue weighted by molar-refractivity contribution is 7.48. The van der Waals surface area contributed by atoms with Crippen molar-refractivity contribution in [3.63, 3.8) is 0 Å². The lowest BCUT2D eigenvalue weighted by Gasteiger charge is -2.14. The monoisotopic (exact) mass is 595 g/mol. The zero-order valence-electron chi connectivity index (χ0n) is 24.3. The summed E-state index contributed by atoms with van der Waals surface area (Å²) in [6.07, 6.45) is 6.53. The predicted octanol–water partition coefficient (Wildman–Crippen LogP) is 2.28. The van der Waals surface area contributed by atoms with Gasteiger partial charge in [0, 0.05) is 58.3 Å². The predicted molar refractivity (Wildman–Crippen MR) is 146 cm³/mol. The van der Waals surface area contributed by atoms with E-state index in [2.05, 4.69) is 24.7 Å². The average molecular weight is 596 g/mol. The highest BCUT2D eigenvalue weighted by atomic mass is 31.2. The smallest absolute Gasteiger partial charge is 0.379 e. The van der Waals surface area contributed by atoms with Crippen LogP contribution in [-0.2, 0) is 51.8 Å². The van der Waals surface area contributed by atoms with Crippen LogP contribution in [0.3, 0.4) is 0 Å². The maximum absolute atomic E-state index is 11.6. The van der Waals surface area contributed by atoms with Crippen LogP contribution < -0.4 is 10.6 Å². The highest BCUT2D eigenvalue weighted by Gasteiger charge is 2.25. The number of rotatable bonds is 22. The van der Waals surface area contributed by atoms with Gasteiger partial charge in [-0.2, -0.15) is 0 Å². The molecule has 232 valence electrons. The molecule has 0 saturated carbocycles. The van der Waals surface area contributed by atoms with Crippen molar-refractivity contribution in [1.82, 2.24) is 15.5 Å². The van der Waals surface area contributed by atoms with Crippen LogP contribution in [0.25, 0.3) is 0 Å². The van der Waals surface area contributed by atoms with Crippen molar-refractivity contribution in [2.24, 2.45) is 0 Å². The van der Waals surface area contributed by atoms with E-state index in [1.807, 2.05) is 20.8 Å². The molecule has 2 atom stereocenters. The second kappa shape index (κ2) is 23.5. The maximum Gasteiger partial charge on any atom is 0.501 e. The van der Waals surface area contributed by atoms with Crippen LogP contribution in [0.4, 0.5) is 0 Å². The zero-order chi connectivity index (χ0) is 30.2. The number of amides is 4. The number of phosphoric acid groups is 1. The number of carbonyl (C=O) groups is 4. The summed E-state index contributed by atoms with van der Waals surface area (Å²) in [5, 5.41) is 5.48. The molecule has 0 saturated heterocycles. The number of hydrogen-bond acceptors (Lipinski definition) is 11. The summed E-state index contributed by atoms with van der Waals surface area (Å²) >= 11 is 0. The Balaban J connectivity index is 0.000000765. The highest BCUT2D eigenvalue weighted by Crippen LogP contribution is 2.48. The lowest BCUT2D eigenvalue weighted by Crippen LogP contribution is -2.35. The summed E-state index contributed by atoms with van der Waals surface area (Å²) in [6, 6.07) is 0. The molecule has 0 fully saturated rings. The van der Waals surface area contributed by atoms with Gasteiger partial charge in [0.15, 0.2) is 0 Å². The Morgan fingerprint density at radius 3 is 2.20 bits per heavy atom. The molecule has 0 aliphatic carbocycles. The van der Waals surface area contributed by atoms with Gasteiger partial charge in [0.25, 0.3) is 11.8 Å². The van der Waals surface area contributed by atoms with Gasteiger partial charge in [-0.05, 0) is 26.7 Å². The van der Waals surface area contributed by atoms with Gasteiger partial charge in [0.1, 0.15) is 0 Å². The van der Waals surface area contributed by atoms with Gasteiger partial charge in [-0.3, -0.25) is 33.1 Å². The summed E-state index contributed by atoms with van der Waals surface area (Å²) in [6.45, 7) is 8.64. The van der Waals surface area contributed by atoms with Crippen LogP contribution in [0.2, 0.25) is 0 Å². The molecule has 1 heterocycles. The van der Waals surface area contributed by atoms with E-state index in [1.165, 1.54) is 26.4 Å². The Bertz CT molecular complexity index is 808. The fraction of sp³-hybridized carbons (Fsp3) is 0.760. The van der Waals surface area contributed by atoms with Crippen molar-refractivity contribution in [1.29, 1.82) is 0 Å². The molecule has 0 radical (unpaired) electrons. The van der Waals surface area contributed by atoms with Crippen LogP contribution in [0.1, 0.15) is 59.3 Å². The van der Waals surface area contributed by atoms with Crippen molar-refractivity contribution in [2.75, 3.05) is 60.3 Å². The van der Waals surface area contributed by atoms with E-state index in [4.69, 9.17) is 14.0 Å². The molecular formula is C25H46N3O11P. The summed E-state index contributed by atoms with van der Waals surface area (Å²) in [5.74, 6) is -0.897. The largest absolute Gasteiger partial charge is 0.501 e. The molecule has 40 heavy (non-hydrogen) atoms. The molecule has 1 aliphatic rings. The van der Waals surface area contributed by atoms with Crippen LogP contribution in [0.15, 0.2) is 12.2 Å². The second-order valence-corrected chi connectivity index (χ2v) is 10.1. The van der Waals surface area contributed by atoms with Crippen molar-refractivity contribution < 1.29 is 51.8 Å². The van der Waals surface area contributed by atoms with Crippen LogP contribution in [0.5, 0.6) is 0 Å². The lowest BCUT2D eigenvalue weighted by molar-refractivity contribution is -0.200. The molecule has 2 unspecified atom stereocenters. The molecular weight excluding hydrogens is 549 g/mol. The van der Waals surface area contributed by atoms with Crippen molar-refractivity contribution >= 4 is 31.5 Å². The number of imide groups is 1. The molecule has 0 aromatic carbocycles. The Kier molecular flexibility index (Phi) is 22.2. The number of carbonyl (C=O) groups excluding carboxylic acids is 4. The standard InChI is InChI=1S/C14H22N2O5.C11H24NO6P/c1-3-20-10-11(2)21-9-7-15-12(17)6-8-16-13(18)4-5-14(16)19;1-4-11(13)12-9-7-5-6-8-10-17-19(14,16-3)18-15-2/h4-5,11H,3,6-10H2,1-2H3,(H,15,17);4-10H2,1-3H3,(H,12,13). The van der Waals surface area contributed by atoms with Gasteiger partial charge < -0.3 is 20.1 Å². The van der Waals surface area contributed by atoms with Gasteiger partial charge in [-0.15, -0.1) is 4.67 Å². The fourth-order valence-electron chi connectivity index (χ4n) is 3.04. The third kappa shape index (κ3) is 19.0. The van der Waals surface area contributed by atoms with E-state index >= 15 is 0 Å². The molecule has 1 aliphatic heterocycles. The molecule has 0 bridgehead atoms. The van der Waals surface area contributed by atoms with Gasteiger partial charge in [-0.1, -0.05) is 19.8 Å². The number of unbranched alkanes of at least 4 members (excludes halogenated alkanes) is 3. The first-order valence-corrected chi connectivity index (χ1v) is 14.9. The minimum absolute atomic E-state index is 0.0206. The number of nitrogens with zero attached hydrogens (tertiary/aromatic N) is 1. The Morgan fingerprint density at radius 2 is 1.60 bits per heavy atom. The second-order valence-electron chi connectivity index (χ2n) is 8.42. The number of ether oxygens (including phenoxy) is 2. The molecule has 14 nitrogen and oxygen atoms in total. The Labute approximate surface area is 236 Å². The molecule has 0 aromatic rings. The summed E-state index contributed by atoms with van der Waals surface area (Å²) in [4.78, 5) is 50.4. The van der Waals surface area contributed by atoms with Crippen LogP contribution in [0, 0.1) is 0 Å². The topological polar surface area (TPSA) is 168 Å². The Morgan fingerprint density at radius 1 is 0.950 bits per heavy atom. The van der Waals surface area contributed by atoms with E-state index in [-0.39, 0.29) is 49.3 Å². The van der Waals surface area contributed by atoms with E-state index in [1.54, 1.807) is 0 Å². The molecule has 4 amide bonds. The van der Waals surface area contributed by atoms with Gasteiger partial charge in [0.2, 0.25) is 11.8 Å². The fourth-order valence-corrected chi connectivity index (χ4v) is 3.79. The molecule has 0 aromatic heterocycles. The minimum atomic E-state index is -3.56. The number of hydrogen-bond donors (Lipinski definition) is 2. The summed E-state index contributed by atoms with van der Waals surface area (Å²) < 4.78 is 36.2. The lowest BCUT2D eigenvalue weighted by atomic mass is 10.2. The third-order valence-electron chi connectivity index (χ3n) is 5.20. The molecule has 1 rings (SSSR count). The molecule has 0 spiro atoms. The van der Waals surface area contributed by atoms with Crippen molar-refractivity contribution in [3.05, 3.63) is 12.2 Å². The first-order valence-electron chi connectivity index (χ1n) is 13.4. The molecule has 2 N–H and O–H groups in total. The van der Waals surface area contributed by atoms with E-state index in [9.17, 15) is 23.7 Å². The van der Waals surface area contributed by atoms with Gasteiger partial charge in [0.05, 0.1) is 33.0 Å². The van der Waals surface area contributed by atoms with Crippen molar-refractivity contribution in [3.8, 4) is 0 Å². The van der Waals surface area contributed by atoms with Gasteiger partial charge >= 0.3 is 7.82 Å². The minimum Gasteiger partial charge on any atom is -0.379 e. The number of phosphoric ester groups is 1. The van der Waals surface area contributed by atoms with E-state index in [0.717, 1.165) is 30.6 Å². The van der Waals surface area contributed by atoms with Gasteiger partial charge in [-0.25, -0.2) is 9.45 Å². The average Bonchev–Trinajstić information content (AvgIpc) is 3.26. The zero-order valence-corrected chi connectivity index (χ0v) is 25.2. The van der Waals surface area contributed by atoms with E-state index in [0.29, 0.717) is 39.3 Å². The summed E-state index contributed by atoms with van der Waals surface area (Å²) in [7, 11) is -1.09.